The Morgan fingerprint density at radius 1 is 1.16 bits per heavy atom. The molecule has 168 valence electrons. The van der Waals surface area contributed by atoms with Gasteiger partial charge in [-0.25, -0.2) is 0 Å². The summed E-state index contributed by atoms with van der Waals surface area (Å²) in [6.45, 7) is 7.31. The third-order valence-corrected chi connectivity index (χ3v) is 6.27. The molecule has 8 nitrogen and oxygen atoms in total. The van der Waals surface area contributed by atoms with Gasteiger partial charge in [0.25, 0.3) is 0 Å². The molecule has 2 aromatic rings. The molecule has 0 aliphatic carbocycles. The number of nitro groups is 1. The zero-order valence-electron chi connectivity index (χ0n) is 17.3. The molecule has 0 saturated carbocycles. The Hall–Kier alpha value is -2.42. The van der Waals surface area contributed by atoms with Gasteiger partial charge in [0.15, 0.2) is 5.75 Å². The Balaban J connectivity index is 1.56. The number of rotatable bonds is 7. The van der Waals surface area contributed by atoms with Crippen LogP contribution in [0.2, 0.25) is 10.0 Å². The minimum atomic E-state index is -0.768. The number of nitrogens with zero attached hydrogens (tertiary/aromatic N) is 3. The van der Waals surface area contributed by atoms with E-state index in [2.05, 4.69) is 16.7 Å². The van der Waals surface area contributed by atoms with Crippen LogP contribution in [-0.4, -0.2) is 58.4 Å². The van der Waals surface area contributed by atoms with E-state index in [0.717, 1.165) is 37.9 Å². The van der Waals surface area contributed by atoms with Crippen molar-refractivity contribution in [3.05, 3.63) is 50.5 Å². The Morgan fingerprint density at radius 2 is 1.84 bits per heavy atom. The number of nitro benzene ring substituents is 1. The number of phenolic OH excluding ortho intramolecular Hbond substituents is 2. The summed E-state index contributed by atoms with van der Waals surface area (Å²) in [5, 5.41) is 31.5. The maximum absolute atomic E-state index is 11.0. The van der Waals surface area contributed by atoms with Crippen molar-refractivity contribution < 1.29 is 19.9 Å². The molecule has 1 saturated heterocycles. The third-order valence-electron chi connectivity index (χ3n) is 5.46. The molecule has 0 aromatic heterocycles. The van der Waals surface area contributed by atoms with E-state index in [0.29, 0.717) is 16.5 Å². The van der Waals surface area contributed by atoms with Crippen LogP contribution in [0.25, 0.3) is 0 Å². The average Bonchev–Trinajstić information content (AvgIpc) is 2.72. The van der Waals surface area contributed by atoms with Gasteiger partial charge in [-0.3, -0.25) is 15.0 Å². The molecular weight excluding hydrogens is 445 g/mol. The lowest BCUT2D eigenvalue weighted by Gasteiger charge is -2.40. The number of benzene rings is 2. The zero-order valence-corrected chi connectivity index (χ0v) is 18.8. The Bertz CT molecular complexity index is 951. The molecule has 0 bridgehead atoms. The monoisotopic (exact) mass is 469 g/mol. The average molecular weight is 470 g/mol. The highest BCUT2D eigenvalue weighted by Gasteiger charge is 2.25. The van der Waals surface area contributed by atoms with Crippen molar-refractivity contribution in [2.75, 3.05) is 31.1 Å². The van der Waals surface area contributed by atoms with Crippen molar-refractivity contribution in [3.8, 4) is 17.2 Å². The van der Waals surface area contributed by atoms with E-state index in [4.69, 9.17) is 27.9 Å². The van der Waals surface area contributed by atoms with Gasteiger partial charge in [0.05, 0.1) is 32.8 Å². The van der Waals surface area contributed by atoms with E-state index in [1.165, 1.54) is 6.07 Å². The highest BCUT2D eigenvalue weighted by Crippen LogP contribution is 2.39. The molecule has 31 heavy (non-hydrogen) atoms. The van der Waals surface area contributed by atoms with Gasteiger partial charge in [0.2, 0.25) is 5.75 Å². The van der Waals surface area contributed by atoms with Crippen LogP contribution in [0, 0.1) is 10.1 Å². The predicted octanol–water partition coefficient (Wildman–Crippen LogP) is 4.68. The van der Waals surface area contributed by atoms with Gasteiger partial charge >= 0.3 is 5.69 Å². The van der Waals surface area contributed by atoms with Crippen molar-refractivity contribution >= 4 is 34.6 Å². The second-order valence-corrected chi connectivity index (χ2v) is 8.46. The van der Waals surface area contributed by atoms with Gasteiger partial charge in [-0.2, -0.15) is 0 Å². The molecule has 1 aliphatic rings. The minimum Gasteiger partial charge on any atom is -0.504 e. The highest BCUT2D eigenvalue weighted by molar-refractivity contribution is 6.43. The summed E-state index contributed by atoms with van der Waals surface area (Å²) in [5.74, 6) is -1.21. The minimum absolute atomic E-state index is 0.141. The summed E-state index contributed by atoms with van der Waals surface area (Å²) in [6, 6.07) is 8.14. The first-order valence-corrected chi connectivity index (χ1v) is 10.7. The normalized spacial score (nSPS) is 16.7. The van der Waals surface area contributed by atoms with E-state index in [1.807, 2.05) is 19.1 Å². The second kappa shape index (κ2) is 9.80. The molecule has 2 N–H and O–H groups in total. The zero-order chi connectivity index (χ0) is 22.7. The summed E-state index contributed by atoms with van der Waals surface area (Å²) in [7, 11) is 0. The maximum Gasteiger partial charge on any atom is 0.318 e. The van der Waals surface area contributed by atoms with Crippen molar-refractivity contribution in [3.63, 3.8) is 0 Å². The van der Waals surface area contributed by atoms with E-state index in [-0.39, 0.29) is 17.9 Å². The number of anilines is 1. The van der Waals surface area contributed by atoms with Crippen LogP contribution in [0.5, 0.6) is 17.2 Å². The van der Waals surface area contributed by atoms with Crippen LogP contribution in [0.1, 0.15) is 20.3 Å². The van der Waals surface area contributed by atoms with Gasteiger partial charge in [0.1, 0.15) is 5.75 Å². The number of phenols is 2. The van der Waals surface area contributed by atoms with Crippen LogP contribution < -0.4 is 9.64 Å². The lowest BCUT2D eigenvalue weighted by atomic mass is 10.1. The van der Waals surface area contributed by atoms with Crippen molar-refractivity contribution in [2.45, 2.75) is 32.4 Å². The van der Waals surface area contributed by atoms with Gasteiger partial charge < -0.3 is 19.8 Å². The first kappa shape index (κ1) is 23.2. The molecule has 0 radical (unpaired) electrons. The van der Waals surface area contributed by atoms with Crippen molar-refractivity contribution in [1.29, 1.82) is 0 Å². The lowest BCUT2D eigenvalue weighted by molar-refractivity contribution is -0.386. The Kier molecular flexibility index (Phi) is 7.35. The molecule has 3 rings (SSSR count). The molecule has 2 atom stereocenters. The van der Waals surface area contributed by atoms with Gasteiger partial charge in [-0.15, -0.1) is 0 Å². The summed E-state index contributed by atoms with van der Waals surface area (Å²) < 4.78 is 5.78. The Morgan fingerprint density at radius 3 is 2.48 bits per heavy atom. The number of hydrogen-bond acceptors (Lipinski definition) is 7. The summed E-state index contributed by atoms with van der Waals surface area (Å²) in [6.07, 6.45) is 0.437. The maximum atomic E-state index is 11.0. The molecular formula is C21H25Cl2N3O5. The van der Waals surface area contributed by atoms with Gasteiger partial charge in [0, 0.05) is 38.3 Å². The summed E-state index contributed by atoms with van der Waals surface area (Å²) >= 11 is 12.5. The third kappa shape index (κ3) is 5.44. The van der Waals surface area contributed by atoms with Crippen LogP contribution in [0.3, 0.4) is 0 Å². The number of hydrogen-bond donors (Lipinski definition) is 2. The first-order chi connectivity index (χ1) is 14.7. The molecule has 1 fully saturated rings. The molecule has 1 heterocycles. The quantitative estimate of drug-likeness (QED) is 0.344. The van der Waals surface area contributed by atoms with Crippen molar-refractivity contribution in [1.82, 2.24) is 4.90 Å². The predicted molar refractivity (Wildman–Crippen MR) is 121 cm³/mol. The fraction of sp³-hybridized carbons (Fsp3) is 0.429. The lowest BCUT2D eigenvalue weighted by Crippen LogP contribution is -2.50. The fourth-order valence-electron chi connectivity index (χ4n) is 3.84. The van der Waals surface area contributed by atoms with E-state index in [1.54, 1.807) is 6.07 Å². The van der Waals surface area contributed by atoms with E-state index >= 15 is 0 Å². The van der Waals surface area contributed by atoms with E-state index < -0.39 is 22.1 Å². The van der Waals surface area contributed by atoms with Crippen LogP contribution in [-0.2, 0) is 0 Å². The second-order valence-electron chi connectivity index (χ2n) is 7.68. The SMILES string of the molecule is CC(CC(C)N1CCN(c2cccc(Cl)c2Cl)CC1)Oc1cc(O)c(O)c([N+](=O)[O-])c1. The van der Waals surface area contributed by atoms with Crippen LogP contribution in [0.4, 0.5) is 11.4 Å². The largest absolute Gasteiger partial charge is 0.504 e. The van der Waals surface area contributed by atoms with Gasteiger partial charge in [-0.05, 0) is 32.4 Å². The summed E-state index contributed by atoms with van der Waals surface area (Å²) in [4.78, 5) is 14.8. The molecule has 2 unspecified atom stereocenters. The number of aromatic hydroxyl groups is 2. The van der Waals surface area contributed by atoms with Gasteiger partial charge in [-0.1, -0.05) is 29.3 Å². The molecule has 0 spiro atoms. The molecule has 10 heteroatoms. The van der Waals surface area contributed by atoms with E-state index in [9.17, 15) is 20.3 Å². The fourth-order valence-corrected chi connectivity index (χ4v) is 4.25. The first-order valence-electron chi connectivity index (χ1n) is 9.97. The molecule has 0 amide bonds. The Labute approximate surface area is 190 Å². The van der Waals surface area contributed by atoms with Crippen LogP contribution >= 0.6 is 23.2 Å². The number of ether oxygens (including phenoxy) is 1. The van der Waals surface area contributed by atoms with Crippen molar-refractivity contribution in [2.24, 2.45) is 0 Å². The standard InChI is InChI=1S/C21H25Cl2N3O5/c1-13(10-14(2)31-15-11-18(26(29)30)21(28)19(27)12-15)24-6-8-25(9-7-24)17-5-3-4-16(22)20(17)23/h3-5,11-14,27-28H,6-10H2,1-2H3. The smallest absolute Gasteiger partial charge is 0.318 e. The highest BCUT2D eigenvalue weighted by atomic mass is 35.5. The number of halogens is 2. The van der Waals surface area contributed by atoms with Crippen LogP contribution in [0.15, 0.2) is 30.3 Å². The topological polar surface area (TPSA) is 99.3 Å². The molecule has 1 aliphatic heterocycles. The summed E-state index contributed by atoms with van der Waals surface area (Å²) in [5.41, 5.74) is 0.345. The molecule has 2 aromatic carbocycles. The number of piperazine rings is 1.